The highest BCUT2D eigenvalue weighted by molar-refractivity contribution is 5.78. The maximum Gasteiger partial charge on any atom is 0.0702 e. The molecule has 0 fully saturated rings. The Balaban J connectivity index is 1.65. The van der Waals surface area contributed by atoms with Crippen LogP contribution in [0.15, 0.2) is 66.9 Å². The molecule has 0 saturated heterocycles. The van der Waals surface area contributed by atoms with E-state index in [0.29, 0.717) is 0 Å². The van der Waals surface area contributed by atoms with Crippen molar-refractivity contribution in [1.82, 2.24) is 4.98 Å². The van der Waals surface area contributed by atoms with Crippen molar-refractivity contribution in [3.05, 3.63) is 78.0 Å². The van der Waals surface area contributed by atoms with Gasteiger partial charge in [0, 0.05) is 11.6 Å². The predicted octanol–water partition coefficient (Wildman–Crippen LogP) is 4.41. The highest BCUT2D eigenvalue weighted by Gasteiger charge is 1.98. The van der Waals surface area contributed by atoms with E-state index in [9.17, 15) is 0 Å². The summed E-state index contributed by atoms with van der Waals surface area (Å²) < 4.78 is 0. The monoisotopic (exact) mass is 247 g/mol. The largest absolute Gasteiger partial charge is 0.256 e. The molecule has 0 bridgehead atoms. The van der Waals surface area contributed by atoms with Gasteiger partial charge >= 0.3 is 0 Å². The molecule has 0 unspecified atom stereocenters. The normalized spacial score (nSPS) is 10.7. The molecule has 94 valence electrons. The lowest BCUT2D eigenvalue weighted by atomic mass is 10.0. The van der Waals surface area contributed by atoms with E-state index in [0.717, 1.165) is 18.4 Å². The molecule has 0 aliphatic carbocycles. The Morgan fingerprint density at radius 3 is 2.47 bits per heavy atom. The number of hydrogen-bond donors (Lipinski definition) is 0. The van der Waals surface area contributed by atoms with Crippen molar-refractivity contribution in [1.29, 1.82) is 0 Å². The van der Waals surface area contributed by atoms with Crippen molar-refractivity contribution in [2.24, 2.45) is 0 Å². The van der Waals surface area contributed by atoms with E-state index in [1.807, 2.05) is 12.3 Å². The van der Waals surface area contributed by atoms with E-state index in [1.54, 1.807) is 0 Å². The van der Waals surface area contributed by atoms with Crippen molar-refractivity contribution in [2.75, 3.05) is 0 Å². The van der Waals surface area contributed by atoms with Gasteiger partial charge in [0.15, 0.2) is 0 Å². The predicted molar refractivity (Wildman–Crippen MR) is 80.2 cm³/mol. The van der Waals surface area contributed by atoms with Crippen LogP contribution in [-0.4, -0.2) is 4.98 Å². The van der Waals surface area contributed by atoms with E-state index >= 15 is 0 Å². The average molecular weight is 247 g/mol. The van der Waals surface area contributed by atoms with E-state index in [4.69, 9.17) is 0 Å². The first kappa shape index (κ1) is 11.9. The first-order chi connectivity index (χ1) is 9.42. The smallest absolute Gasteiger partial charge is 0.0702 e. The zero-order valence-electron chi connectivity index (χ0n) is 10.9. The molecule has 1 heteroatoms. The number of fused-ring (bicyclic) bond motifs is 1. The number of rotatable bonds is 4. The molecule has 19 heavy (non-hydrogen) atoms. The Morgan fingerprint density at radius 2 is 1.58 bits per heavy atom. The summed E-state index contributed by atoms with van der Waals surface area (Å²) in [5.41, 5.74) is 3.90. The fourth-order valence-electron chi connectivity index (χ4n) is 2.42. The molecule has 0 amide bonds. The van der Waals surface area contributed by atoms with Gasteiger partial charge in [0.2, 0.25) is 0 Å². The van der Waals surface area contributed by atoms with E-state index in [1.165, 1.54) is 22.9 Å². The minimum atomic E-state index is 1.08. The Labute approximate surface area is 113 Å². The molecule has 0 aliphatic heterocycles. The molecule has 0 spiro atoms. The summed E-state index contributed by atoms with van der Waals surface area (Å²) in [5.74, 6) is 0. The van der Waals surface area contributed by atoms with Crippen LogP contribution in [0.3, 0.4) is 0 Å². The van der Waals surface area contributed by atoms with E-state index < -0.39 is 0 Å². The molecule has 0 radical (unpaired) electrons. The number of hydrogen-bond acceptors (Lipinski definition) is 1. The molecule has 2 aromatic carbocycles. The van der Waals surface area contributed by atoms with E-state index in [-0.39, 0.29) is 0 Å². The maximum atomic E-state index is 4.35. The molecular formula is C18H17N. The average Bonchev–Trinajstić information content (AvgIpc) is 2.48. The van der Waals surface area contributed by atoms with Crippen LogP contribution in [0.4, 0.5) is 0 Å². The lowest BCUT2D eigenvalue weighted by molar-refractivity contribution is 0.821. The van der Waals surface area contributed by atoms with Gasteiger partial charge in [0.05, 0.1) is 5.52 Å². The standard InChI is InChI=1S/C18H17N/c1-2-6-15(7-3-1)8-4-9-16-11-12-18-17(14-16)10-5-13-19-18/h1-3,5-7,10-14H,4,8-9H2. The summed E-state index contributed by atoms with van der Waals surface area (Å²) in [7, 11) is 0. The summed E-state index contributed by atoms with van der Waals surface area (Å²) in [5, 5.41) is 1.24. The SMILES string of the molecule is c1ccc(CCCc2ccc3ncccc3c2)cc1. The quantitative estimate of drug-likeness (QED) is 0.665. The zero-order valence-corrected chi connectivity index (χ0v) is 10.9. The molecule has 3 rings (SSSR count). The lowest BCUT2D eigenvalue weighted by Gasteiger charge is -2.04. The van der Waals surface area contributed by atoms with Crippen molar-refractivity contribution in [3.8, 4) is 0 Å². The molecule has 0 atom stereocenters. The number of aryl methyl sites for hydroxylation is 2. The zero-order chi connectivity index (χ0) is 12.9. The maximum absolute atomic E-state index is 4.35. The molecule has 3 aromatic rings. The van der Waals surface area contributed by atoms with Gasteiger partial charge in [-0.1, -0.05) is 42.5 Å². The number of nitrogens with zero attached hydrogens (tertiary/aromatic N) is 1. The Kier molecular flexibility index (Phi) is 3.55. The highest BCUT2D eigenvalue weighted by atomic mass is 14.6. The minimum absolute atomic E-state index is 1.08. The Hall–Kier alpha value is -2.15. The van der Waals surface area contributed by atoms with Crippen LogP contribution < -0.4 is 0 Å². The minimum Gasteiger partial charge on any atom is -0.256 e. The van der Waals surface area contributed by atoms with Gasteiger partial charge in [-0.3, -0.25) is 4.98 Å². The van der Waals surface area contributed by atoms with Gasteiger partial charge in [-0.25, -0.2) is 0 Å². The Morgan fingerprint density at radius 1 is 0.737 bits per heavy atom. The molecule has 1 heterocycles. The molecule has 1 aromatic heterocycles. The lowest BCUT2D eigenvalue weighted by Crippen LogP contribution is -1.90. The van der Waals surface area contributed by atoms with Crippen molar-refractivity contribution >= 4 is 10.9 Å². The Bertz CT molecular complexity index is 659. The van der Waals surface area contributed by atoms with Crippen LogP contribution in [0.1, 0.15) is 17.5 Å². The molecule has 0 N–H and O–H groups in total. The van der Waals surface area contributed by atoms with Gasteiger partial charge < -0.3 is 0 Å². The number of pyridine rings is 1. The first-order valence-corrected chi connectivity index (χ1v) is 6.79. The van der Waals surface area contributed by atoms with Crippen LogP contribution in [0.25, 0.3) is 10.9 Å². The van der Waals surface area contributed by atoms with Crippen LogP contribution in [0, 0.1) is 0 Å². The van der Waals surface area contributed by atoms with Gasteiger partial charge in [-0.2, -0.15) is 0 Å². The van der Waals surface area contributed by atoms with Crippen LogP contribution in [0.2, 0.25) is 0 Å². The molecular weight excluding hydrogens is 230 g/mol. The number of benzene rings is 2. The van der Waals surface area contributed by atoms with Crippen LogP contribution >= 0.6 is 0 Å². The summed E-state index contributed by atoms with van der Waals surface area (Å²) in [6.45, 7) is 0. The fourth-order valence-corrected chi connectivity index (χ4v) is 2.42. The summed E-state index contributed by atoms with van der Waals surface area (Å²) in [6.07, 6.45) is 5.30. The summed E-state index contributed by atoms with van der Waals surface area (Å²) >= 11 is 0. The van der Waals surface area contributed by atoms with Crippen LogP contribution in [-0.2, 0) is 12.8 Å². The molecule has 0 saturated carbocycles. The second-order valence-corrected chi connectivity index (χ2v) is 4.87. The fraction of sp³-hybridized carbons (Fsp3) is 0.167. The second kappa shape index (κ2) is 5.66. The third-order valence-electron chi connectivity index (χ3n) is 3.44. The van der Waals surface area contributed by atoms with Crippen LogP contribution in [0.5, 0.6) is 0 Å². The van der Waals surface area contributed by atoms with Gasteiger partial charge in [0.1, 0.15) is 0 Å². The van der Waals surface area contributed by atoms with Gasteiger partial charge in [-0.05, 0) is 48.6 Å². The van der Waals surface area contributed by atoms with Gasteiger partial charge in [0.25, 0.3) is 0 Å². The summed E-state index contributed by atoms with van der Waals surface area (Å²) in [6, 6.07) is 21.4. The molecule has 1 nitrogen and oxygen atoms in total. The summed E-state index contributed by atoms with van der Waals surface area (Å²) in [4.78, 5) is 4.35. The second-order valence-electron chi connectivity index (χ2n) is 4.87. The first-order valence-electron chi connectivity index (χ1n) is 6.79. The van der Waals surface area contributed by atoms with Crippen molar-refractivity contribution < 1.29 is 0 Å². The third kappa shape index (κ3) is 3.00. The third-order valence-corrected chi connectivity index (χ3v) is 3.44. The number of aromatic nitrogens is 1. The van der Waals surface area contributed by atoms with E-state index in [2.05, 4.69) is 59.6 Å². The van der Waals surface area contributed by atoms with Crippen molar-refractivity contribution in [3.63, 3.8) is 0 Å². The molecule has 0 aliphatic rings. The highest BCUT2D eigenvalue weighted by Crippen LogP contribution is 2.15. The van der Waals surface area contributed by atoms with Gasteiger partial charge in [-0.15, -0.1) is 0 Å². The van der Waals surface area contributed by atoms with Crippen molar-refractivity contribution in [2.45, 2.75) is 19.3 Å². The topological polar surface area (TPSA) is 12.9 Å².